The molecule has 0 atom stereocenters. The van der Waals surface area contributed by atoms with E-state index < -0.39 is 0 Å². The summed E-state index contributed by atoms with van der Waals surface area (Å²) in [6.45, 7) is 9.64. The lowest BCUT2D eigenvalue weighted by Gasteiger charge is -2.35. The Bertz CT molecular complexity index is 278. The Kier molecular flexibility index (Phi) is 4.52. The average molecular weight is 252 g/mol. The van der Waals surface area contributed by atoms with Gasteiger partial charge >= 0.3 is 6.03 Å². The van der Waals surface area contributed by atoms with Crippen LogP contribution < -0.4 is 0 Å². The maximum atomic E-state index is 12.6. The van der Waals surface area contributed by atoms with Crippen LogP contribution in [0.2, 0.25) is 0 Å². The molecule has 2 amide bonds. The number of hydrogen-bond acceptors (Lipinski definition) is 1. The first-order valence-corrected chi connectivity index (χ1v) is 7.63. The lowest BCUT2D eigenvalue weighted by molar-refractivity contribution is 0.130. The molecule has 0 unspecified atom stereocenters. The lowest BCUT2D eigenvalue weighted by atomic mass is 9.99. The quantitative estimate of drug-likeness (QED) is 0.752. The largest absolute Gasteiger partial charge is 0.325 e. The molecular weight excluding hydrogens is 224 g/mol. The summed E-state index contributed by atoms with van der Waals surface area (Å²) in [5, 5.41) is 0. The number of piperidine rings is 1. The van der Waals surface area contributed by atoms with Crippen molar-refractivity contribution in [2.24, 2.45) is 11.8 Å². The summed E-state index contributed by atoms with van der Waals surface area (Å²) in [5.74, 6) is 1.47. The van der Waals surface area contributed by atoms with E-state index in [4.69, 9.17) is 0 Å². The standard InChI is InChI=1S/C15H28N2O/c1-12(2)6-11-17(14-4-5-14)15(18)16-9-7-13(3)8-10-16/h12-14H,4-11H2,1-3H3. The zero-order valence-corrected chi connectivity index (χ0v) is 12.2. The molecular formula is C15H28N2O. The summed E-state index contributed by atoms with van der Waals surface area (Å²) in [4.78, 5) is 16.8. The van der Waals surface area contributed by atoms with Gasteiger partial charge in [0.15, 0.2) is 0 Å². The Balaban J connectivity index is 1.87. The van der Waals surface area contributed by atoms with Gasteiger partial charge in [0, 0.05) is 25.7 Å². The van der Waals surface area contributed by atoms with E-state index in [0.29, 0.717) is 18.0 Å². The van der Waals surface area contributed by atoms with Crippen molar-refractivity contribution >= 4 is 6.03 Å². The predicted molar refractivity (Wildman–Crippen MR) is 74.6 cm³/mol. The molecule has 1 saturated carbocycles. The maximum absolute atomic E-state index is 12.6. The monoisotopic (exact) mass is 252 g/mol. The minimum absolute atomic E-state index is 0.310. The number of hydrogen-bond donors (Lipinski definition) is 0. The van der Waals surface area contributed by atoms with E-state index in [2.05, 4.69) is 30.6 Å². The molecule has 0 N–H and O–H groups in total. The highest BCUT2D eigenvalue weighted by atomic mass is 16.2. The zero-order valence-electron chi connectivity index (χ0n) is 12.2. The van der Waals surface area contributed by atoms with Gasteiger partial charge in [0.05, 0.1) is 0 Å². The molecule has 0 aromatic heterocycles. The Morgan fingerprint density at radius 2 is 1.83 bits per heavy atom. The van der Waals surface area contributed by atoms with E-state index in [9.17, 15) is 4.79 Å². The Morgan fingerprint density at radius 1 is 1.22 bits per heavy atom. The van der Waals surface area contributed by atoms with E-state index >= 15 is 0 Å². The van der Waals surface area contributed by atoms with Crippen molar-refractivity contribution in [3.8, 4) is 0 Å². The fourth-order valence-corrected chi connectivity index (χ4v) is 2.60. The lowest BCUT2D eigenvalue weighted by Crippen LogP contribution is -2.47. The number of nitrogens with zero attached hydrogens (tertiary/aromatic N) is 2. The highest BCUT2D eigenvalue weighted by Crippen LogP contribution is 2.29. The van der Waals surface area contributed by atoms with Crippen LogP contribution in [0.3, 0.4) is 0 Å². The predicted octanol–water partition coefficient (Wildman–Crippen LogP) is 3.35. The molecule has 0 bridgehead atoms. The molecule has 2 rings (SSSR count). The molecule has 0 spiro atoms. The van der Waals surface area contributed by atoms with Crippen LogP contribution in [0.25, 0.3) is 0 Å². The first kappa shape index (κ1) is 13.7. The van der Waals surface area contributed by atoms with Crippen LogP contribution in [0.1, 0.15) is 52.9 Å². The third-order valence-electron chi connectivity index (χ3n) is 4.23. The molecule has 2 fully saturated rings. The SMILES string of the molecule is CC(C)CCN(C(=O)N1CCC(C)CC1)C1CC1. The van der Waals surface area contributed by atoms with E-state index in [-0.39, 0.29) is 0 Å². The van der Waals surface area contributed by atoms with Crippen LogP contribution in [0.5, 0.6) is 0 Å². The fourth-order valence-electron chi connectivity index (χ4n) is 2.60. The summed E-state index contributed by atoms with van der Waals surface area (Å²) < 4.78 is 0. The van der Waals surface area contributed by atoms with Gasteiger partial charge in [0.25, 0.3) is 0 Å². The first-order valence-electron chi connectivity index (χ1n) is 7.63. The molecule has 1 aliphatic carbocycles. The van der Waals surface area contributed by atoms with Crippen molar-refractivity contribution in [2.45, 2.75) is 58.9 Å². The van der Waals surface area contributed by atoms with Crippen LogP contribution in [0, 0.1) is 11.8 Å². The number of likely N-dealkylation sites (tertiary alicyclic amines) is 1. The second-order valence-corrected chi connectivity index (χ2v) is 6.56. The van der Waals surface area contributed by atoms with Gasteiger partial charge in [-0.05, 0) is 43.9 Å². The van der Waals surface area contributed by atoms with E-state index in [1.165, 1.54) is 25.7 Å². The van der Waals surface area contributed by atoms with Crippen molar-refractivity contribution in [2.75, 3.05) is 19.6 Å². The van der Waals surface area contributed by atoms with Crippen molar-refractivity contribution in [3.05, 3.63) is 0 Å². The molecule has 104 valence electrons. The van der Waals surface area contributed by atoms with Crippen molar-refractivity contribution in [1.29, 1.82) is 0 Å². The molecule has 1 aliphatic heterocycles. The smallest absolute Gasteiger partial charge is 0.320 e. The van der Waals surface area contributed by atoms with Crippen LogP contribution >= 0.6 is 0 Å². The van der Waals surface area contributed by atoms with Gasteiger partial charge in [-0.3, -0.25) is 0 Å². The third kappa shape index (κ3) is 3.63. The molecule has 0 radical (unpaired) electrons. The van der Waals surface area contributed by atoms with Crippen molar-refractivity contribution < 1.29 is 4.79 Å². The van der Waals surface area contributed by atoms with Crippen LogP contribution in [0.15, 0.2) is 0 Å². The molecule has 2 aliphatic rings. The molecule has 3 nitrogen and oxygen atoms in total. The van der Waals surface area contributed by atoms with Crippen molar-refractivity contribution in [3.63, 3.8) is 0 Å². The Labute approximate surface area is 112 Å². The minimum atomic E-state index is 0.310. The topological polar surface area (TPSA) is 23.6 Å². The number of rotatable bonds is 4. The Morgan fingerprint density at radius 3 is 2.33 bits per heavy atom. The van der Waals surface area contributed by atoms with Crippen LogP contribution in [-0.4, -0.2) is 41.5 Å². The Hall–Kier alpha value is -0.730. The highest BCUT2D eigenvalue weighted by molar-refractivity contribution is 5.75. The molecule has 18 heavy (non-hydrogen) atoms. The summed E-state index contributed by atoms with van der Waals surface area (Å²) in [6, 6.07) is 0.862. The molecule has 0 aromatic carbocycles. The van der Waals surface area contributed by atoms with E-state index in [0.717, 1.165) is 32.0 Å². The summed E-state index contributed by atoms with van der Waals surface area (Å²) in [5.41, 5.74) is 0. The average Bonchev–Trinajstić information content (AvgIpc) is 3.14. The van der Waals surface area contributed by atoms with Crippen LogP contribution in [0.4, 0.5) is 4.79 Å². The molecule has 1 heterocycles. The zero-order chi connectivity index (χ0) is 13.1. The van der Waals surface area contributed by atoms with Gasteiger partial charge in [-0.1, -0.05) is 20.8 Å². The second-order valence-electron chi connectivity index (χ2n) is 6.56. The maximum Gasteiger partial charge on any atom is 0.320 e. The van der Waals surface area contributed by atoms with Gasteiger partial charge in [-0.25, -0.2) is 4.79 Å². The highest BCUT2D eigenvalue weighted by Gasteiger charge is 2.35. The molecule has 3 heteroatoms. The second kappa shape index (κ2) is 5.94. The number of amides is 2. The normalized spacial score (nSPS) is 21.4. The van der Waals surface area contributed by atoms with Gasteiger partial charge in [0.2, 0.25) is 0 Å². The van der Waals surface area contributed by atoms with E-state index in [1.807, 2.05) is 0 Å². The van der Waals surface area contributed by atoms with E-state index in [1.54, 1.807) is 0 Å². The third-order valence-corrected chi connectivity index (χ3v) is 4.23. The fraction of sp³-hybridized carbons (Fsp3) is 0.933. The van der Waals surface area contributed by atoms with Gasteiger partial charge in [-0.15, -0.1) is 0 Å². The number of carbonyl (C=O) groups excluding carboxylic acids is 1. The van der Waals surface area contributed by atoms with Gasteiger partial charge in [-0.2, -0.15) is 0 Å². The van der Waals surface area contributed by atoms with Crippen LogP contribution in [-0.2, 0) is 0 Å². The number of urea groups is 1. The first-order chi connectivity index (χ1) is 8.58. The molecule has 1 saturated heterocycles. The van der Waals surface area contributed by atoms with Crippen molar-refractivity contribution in [1.82, 2.24) is 9.80 Å². The van der Waals surface area contributed by atoms with Gasteiger partial charge < -0.3 is 9.80 Å². The number of carbonyl (C=O) groups is 1. The summed E-state index contributed by atoms with van der Waals surface area (Å²) in [7, 11) is 0. The summed E-state index contributed by atoms with van der Waals surface area (Å²) in [6.07, 6.45) is 5.91. The van der Waals surface area contributed by atoms with Gasteiger partial charge in [0.1, 0.15) is 0 Å². The summed E-state index contributed by atoms with van der Waals surface area (Å²) >= 11 is 0. The molecule has 0 aromatic rings. The minimum Gasteiger partial charge on any atom is -0.325 e.